The van der Waals surface area contributed by atoms with E-state index < -0.39 is 4.92 Å². The van der Waals surface area contributed by atoms with Crippen molar-refractivity contribution in [3.05, 3.63) is 50.4 Å². The van der Waals surface area contributed by atoms with Crippen LogP contribution < -0.4 is 9.80 Å². The Kier molecular flexibility index (Phi) is 6.07. The summed E-state index contributed by atoms with van der Waals surface area (Å²) >= 11 is 2.40. The summed E-state index contributed by atoms with van der Waals surface area (Å²) in [6.45, 7) is 5.51. The number of amides is 1. The largest absolute Gasteiger partial charge is 0.340 e. The first-order valence-corrected chi connectivity index (χ1v) is 10.6. The van der Waals surface area contributed by atoms with Crippen molar-refractivity contribution in [1.29, 1.82) is 0 Å². The molecule has 148 valence electrons. The molecule has 0 aliphatic carbocycles. The number of nitrogens with one attached hydrogen (secondary N) is 1. The molecule has 28 heavy (non-hydrogen) atoms. The van der Waals surface area contributed by atoms with Gasteiger partial charge in [0, 0.05) is 19.0 Å². The van der Waals surface area contributed by atoms with E-state index in [-0.39, 0.29) is 10.9 Å². The molecule has 1 N–H and O–H groups in total. The van der Waals surface area contributed by atoms with Crippen molar-refractivity contribution < 1.29 is 14.6 Å². The van der Waals surface area contributed by atoms with Crippen LogP contribution in [-0.4, -0.2) is 43.0 Å². The van der Waals surface area contributed by atoms with Gasteiger partial charge in [-0.15, -0.1) is 0 Å². The van der Waals surface area contributed by atoms with E-state index in [2.05, 4.69) is 20.2 Å². The number of nitro groups is 1. The molecule has 3 rings (SSSR count). The monoisotopic (exact) mass is 419 g/mol. The van der Waals surface area contributed by atoms with Gasteiger partial charge in [0.2, 0.25) is 0 Å². The van der Waals surface area contributed by atoms with E-state index in [1.165, 1.54) is 28.4 Å². The average Bonchev–Trinajstić information content (AvgIpc) is 3.25. The summed E-state index contributed by atoms with van der Waals surface area (Å²) in [6.07, 6.45) is 0.815. The fourth-order valence-electron chi connectivity index (χ4n) is 3.03. The molecule has 2 aromatic heterocycles. The number of rotatable bonds is 7. The molecule has 0 fully saturated rings. The molecule has 0 atom stereocenters. The minimum Gasteiger partial charge on any atom is -0.340 e. The van der Waals surface area contributed by atoms with Crippen LogP contribution in [0.1, 0.15) is 27.2 Å². The van der Waals surface area contributed by atoms with E-state index in [1.807, 2.05) is 19.9 Å². The molecule has 1 aromatic carbocycles. The standard InChI is InChI=1S/C19H22N4O3S2/c1-12-10-13(2)17-14(11-12)20-19(28-17)22(9-5-8-21(3)4)18(24)15-6-7-16(27-15)23(25)26/h6-7,10-11H,5,8-9H2,1-4H3/p+1. The third-order valence-electron chi connectivity index (χ3n) is 4.33. The number of nitrogens with zero attached hydrogens (tertiary/aromatic N) is 3. The topological polar surface area (TPSA) is 80.8 Å². The average molecular weight is 420 g/mol. The number of quaternary nitrogens is 1. The van der Waals surface area contributed by atoms with Crippen molar-refractivity contribution in [2.45, 2.75) is 20.3 Å². The summed E-state index contributed by atoms with van der Waals surface area (Å²) in [4.78, 5) is 31.7. The summed E-state index contributed by atoms with van der Waals surface area (Å²) < 4.78 is 1.06. The van der Waals surface area contributed by atoms with Gasteiger partial charge < -0.3 is 4.90 Å². The van der Waals surface area contributed by atoms with Gasteiger partial charge in [-0.3, -0.25) is 19.8 Å². The summed E-state index contributed by atoms with van der Waals surface area (Å²) in [5.41, 5.74) is 3.14. The molecule has 3 aromatic rings. The molecule has 0 saturated heterocycles. The van der Waals surface area contributed by atoms with E-state index >= 15 is 0 Å². The molecular weight excluding hydrogens is 396 g/mol. The number of hydrogen-bond acceptors (Lipinski definition) is 6. The zero-order valence-corrected chi connectivity index (χ0v) is 17.9. The Bertz CT molecular complexity index is 1030. The second kappa shape index (κ2) is 8.34. The summed E-state index contributed by atoms with van der Waals surface area (Å²) in [6, 6.07) is 7.03. The predicted octanol–water partition coefficient (Wildman–Crippen LogP) is 3.06. The van der Waals surface area contributed by atoms with Gasteiger partial charge in [-0.2, -0.15) is 0 Å². The molecule has 9 heteroatoms. The molecule has 0 radical (unpaired) electrons. The van der Waals surface area contributed by atoms with Crippen LogP contribution >= 0.6 is 22.7 Å². The Labute approximate surface area is 171 Å². The van der Waals surface area contributed by atoms with Crippen LogP contribution in [0.25, 0.3) is 10.2 Å². The van der Waals surface area contributed by atoms with E-state index in [9.17, 15) is 14.9 Å². The molecule has 0 aliphatic heterocycles. The van der Waals surface area contributed by atoms with Crippen molar-refractivity contribution in [2.24, 2.45) is 0 Å². The number of anilines is 1. The van der Waals surface area contributed by atoms with E-state index in [0.29, 0.717) is 16.6 Å². The molecule has 0 spiro atoms. The molecule has 1 amide bonds. The molecule has 0 saturated carbocycles. The SMILES string of the molecule is Cc1cc(C)c2sc(N(CCC[NH+](C)C)C(=O)c3ccc([N+](=O)[O-])s3)nc2c1. The van der Waals surface area contributed by atoms with Gasteiger partial charge in [-0.1, -0.05) is 28.7 Å². The minimum atomic E-state index is -0.467. The summed E-state index contributed by atoms with van der Waals surface area (Å²) in [5.74, 6) is -0.236. The van der Waals surface area contributed by atoms with Crippen molar-refractivity contribution in [1.82, 2.24) is 4.98 Å². The third kappa shape index (κ3) is 4.37. The Morgan fingerprint density at radius 2 is 2.00 bits per heavy atom. The highest BCUT2D eigenvalue weighted by molar-refractivity contribution is 7.22. The number of thiazole rings is 1. The van der Waals surface area contributed by atoms with Crippen LogP contribution in [-0.2, 0) is 0 Å². The highest BCUT2D eigenvalue weighted by atomic mass is 32.1. The number of fused-ring (bicyclic) bond motifs is 1. The van der Waals surface area contributed by atoms with Crippen LogP contribution in [0.4, 0.5) is 10.1 Å². The number of carbonyl (C=O) groups excluding carboxylic acids is 1. The fourth-order valence-corrected chi connectivity index (χ4v) is 4.84. The molecular formula is C19H23N4O3S2+. The lowest BCUT2D eigenvalue weighted by Crippen LogP contribution is -3.05. The lowest BCUT2D eigenvalue weighted by Gasteiger charge is -2.19. The number of hydrogen-bond donors (Lipinski definition) is 1. The van der Waals surface area contributed by atoms with E-state index in [1.54, 1.807) is 4.90 Å². The maximum atomic E-state index is 13.2. The lowest BCUT2D eigenvalue weighted by molar-refractivity contribution is -0.858. The van der Waals surface area contributed by atoms with Gasteiger partial charge in [0.05, 0.1) is 40.7 Å². The van der Waals surface area contributed by atoms with Gasteiger partial charge in [-0.05, 0) is 37.1 Å². The Hall–Kier alpha value is -2.36. The van der Waals surface area contributed by atoms with Crippen molar-refractivity contribution >= 4 is 48.9 Å². The number of benzene rings is 1. The zero-order valence-electron chi connectivity index (χ0n) is 16.3. The van der Waals surface area contributed by atoms with Gasteiger partial charge in [0.25, 0.3) is 5.91 Å². The lowest BCUT2D eigenvalue weighted by atomic mass is 10.1. The number of carbonyl (C=O) groups is 1. The molecule has 0 bridgehead atoms. The Balaban J connectivity index is 1.97. The van der Waals surface area contributed by atoms with Crippen LogP contribution in [0.2, 0.25) is 0 Å². The third-order valence-corrected chi connectivity index (χ3v) is 6.58. The molecule has 2 heterocycles. The highest BCUT2D eigenvalue weighted by Crippen LogP contribution is 2.34. The first-order chi connectivity index (χ1) is 13.3. The minimum absolute atomic E-state index is 0.0307. The molecule has 0 unspecified atom stereocenters. The second-order valence-corrected chi connectivity index (χ2v) is 9.13. The Morgan fingerprint density at radius 1 is 1.25 bits per heavy atom. The molecule has 0 aliphatic rings. The van der Waals surface area contributed by atoms with Crippen LogP contribution in [0.5, 0.6) is 0 Å². The van der Waals surface area contributed by atoms with Crippen LogP contribution in [0.15, 0.2) is 24.3 Å². The first-order valence-electron chi connectivity index (χ1n) is 8.99. The van der Waals surface area contributed by atoms with Gasteiger partial charge in [0.15, 0.2) is 5.13 Å². The van der Waals surface area contributed by atoms with Crippen LogP contribution in [0.3, 0.4) is 0 Å². The highest BCUT2D eigenvalue weighted by Gasteiger charge is 2.25. The van der Waals surface area contributed by atoms with Crippen molar-refractivity contribution in [3.63, 3.8) is 0 Å². The Morgan fingerprint density at radius 3 is 2.64 bits per heavy atom. The smallest absolute Gasteiger partial charge is 0.324 e. The summed E-state index contributed by atoms with van der Waals surface area (Å²) in [7, 11) is 4.14. The van der Waals surface area contributed by atoms with Gasteiger partial charge in [-0.25, -0.2) is 4.98 Å². The van der Waals surface area contributed by atoms with Crippen molar-refractivity contribution in [2.75, 3.05) is 32.1 Å². The van der Waals surface area contributed by atoms with Crippen LogP contribution in [0, 0.1) is 24.0 Å². The van der Waals surface area contributed by atoms with Crippen molar-refractivity contribution in [3.8, 4) is 0 Å². The molecule has 7 nitrogen and oxygen atoms in total. The number of thiophene rings is 1. The van der Waals surface area contributed by atoms with E-state index in [0.717, 1.165) is 45.6 Å². The summed E-state index contributed by atoms with van der Waals surface area (Å²) in [5, 5.41) is 11.6. The maximum absolute atomic E-state index is 13.2. The number of aromatic nitrogens is 1. The zero-order chi connectivity index (χ0) is 20.4. The maximum Gasteiger partial charge on any atom is 0.324 e. The second-order valence-electron chi connectivity index (χ2n) is 7.09. The van der Waals surface area contributed by atoms with E-state index in [4.69, 9.17) is 4.98 Å². The van der Waals surface area contributed by atoms with Gasteiger partial charge >= 0.3 is 5.00 Å². The number of aryl methyl sites for hydroxylation is 2. The normalized spacial score (nSPS) is 11.3. The fraction of sp³-hybridized carbons (Fsp3) is 0.368. The first kappa shape index (κ1) is 20.4. The quantitative estimate of drug-likeness (QED) is 0.471. The predicted molar refractivity (Wildman–Crippen MR) is 114 cm³/mol. The van der Waals surface area contributed by atoms with Gasteiger partial charge in [0.1, 0.15) is 0 Å².